The zero-order valence-corrected chi connectivity index (χ0v) is 16.0. The Labute approximate surface area is 153 Å². The summed E-state index contributed by atoms with van der Waals surface area (Å²) in [6.07, 6.45) is 5.47. The fraction of sp³-hybridized carbons (Fsp3) is 0.714. The van der Waals surface area contributed by atoms with E-state index in [9.17, 15) is 0 Å². The van der Waals surface area contributed by atoms with Gasteiger partial charge in [-0.3, -0.25) is 4.90 Å². The van der Waals surface area contributed by atoms with Crippen LogP contribution in [0.25, 0.3) is 0 Å². The number of hydrogen-bond acceptors (Lipinski definition) is 4. The summed E-state index contributed by atoms with van der Waals surface area (Å²) in [5, 5.41) is 3.59. The number of benzene rings is 1. The lowest BCUT2D eigenvalue weighted by Gasteiger charge is -2.40. The Bertz CT molecular complexity index is 514. The van der Waals surface area contributed by atoms with Gasteiger partial charge in [0.1, 0.15) is 5.75 Å². The molecule has 2 heterocycles. The van der Waals surface area contributed by atoms with Crippen molar-refractivity contribution in [3.05, 3.63) is 29.8 Å². The largest absolute Gasteiger partial charge is 0.494 e. The fourth-order valence-corrected chi connectivity index (χ4v) is 4.26. The van der Waals surface area contributed by atoms with Crippen molar-refractivity contribution in [2.24, 2.45) is 0 Å². The third kappa shape index (κ3) is 5.19. The maximum absolute atomic E-state index is 5.99. The Hall–Kier alpha value is -1.10. The molecule has 2 unspecified atom stereocenters. The minimum absolute atomic E-state index is 0.422. The molecule has 0 amide bonds. The molecule has 140 valence electrons. The van der Waals surface area contributed by atoms with Crippen molar-refractivity contribution in [1.29, 1.82) is 0 Å². The predicted molar refractivity (Wildman–Crippen MR) is 104 cm³/mol. The van der Waals surface area contributed by atoms with Gasteiger partial charge in [0, 0.05) is 37.8 Å². The molecule has 0 saturated carbocycles. The highest BCUT2D eigenvalue weighted by atomic mass is 16.5. The van der Waals surface area contributed by atoms with Crippen molar-refractivity contribution >= 4 is 0 Å². The van der Waals surface area contributed by atoms with Crippen LogP contribution in [0.2, 0.25) is 0 Å². The molecule has 0 bridgehead atoms. The number of nitrogens with zero attached hydrogens (tertiary/aromatic N) is 2. The highest BCUT2D eigenvalue weighted by Gasteiger charge is 2.28. The first-order valence-corrected chi connectivity index (χ1v) is 10.2. The van der Waals surface area contributed by atoms with Gasteiger partial charge in [-0.2, -0.15) is 0 Å². The van der Waals surface area contributed by atoms with Crippen molar-refractivity contribution in [1.82, 2.24) is 15.1 Å². The molecule has 1 aromatic carbocycles. The van der Waals surface area contributed by atoms with E-state index in [4.69, 9.17) is 4.74 Å². The van der Waals surface area contributed by atoms with Gasteiger partial charge in [0.15, 0.2) is 0 Å². The maximum atomic E-state index is 5.99. The van der Waals surface area contributed by atoms with Gasteiger partial charge in [0.05, 0.1) is 12.6 Å². The van der Waals surface area contributed by atoms with Crippen molar-refractivity contribution in [2.75, 3.05) is 45.9 Å². The molecule has 0 radical (unpaired) electrons. The smallest absolute Gasteiger partial charge is 0.124 e. The molecule has 2 saturated heterocycles. The first-order valence-electron chi connectivity index (χ1n) is 10.2. The molecular weight excluding hydrogens is 310 g/mol. The van der Waals surface area contributed by atoms with Crippen LogP contribution in [0.5, 0.6) is 5.75 Å². The SMILES string of the molecule is CCOc1ccccc1C(CN1CCCCCC1)N1CCNC(C)C1. The van der Waals surface area contributed by atoms with Crippen LogP contribution in [0, 0.1) is 0 Å². The molecule has 2 fully saturated rings. The lowest BCUT2D eigenvalue weighted by molar-refractivity contribution is 0.108. The fourth-order valence-electron chi connectivity index (χ4n) is 4.26. The Kier molecular flexibility index (Phi) is 7.14. The van der Waals surface area contributed by atoms with Crippen molar-refractivity contribution in [3.8, 4) is 5.75 Å². The molecule has 2 aliphatic rings. The summed E-state index contributed by atoms with van der Waals surface area (Å²) < 4.78 is 5.99. The Morgan fingerprint density at radius 1 is 1.12 bits per heavy atom. The summed E-state index contributed by atoms with van der Waals surface area (Å²) in [6.45, 7) is 12.0. The van der Waals surface area contributed by atoms with Crippen LogP contribution in [0.15, 0.2) is 24.3 Å². The Balaban J connectivity index is 1.83. The first-order chi connectivity index (χ1) is 12.3. The molecule has 2 atom stereocenters. The van der Waals surface area contributed by atoms with Gasteiger partial charge in [-0.05, 0) is 45.8 Å². The number of ether oxygens (including phenoxy) is 1. The summed E-state index contributed by atoms with van der Waals surface area (Å²) >= 11 is 0. The molecule has 0 aliphatic carbocycles. The van der Waals surface area contributed by atoms with Crippen molar-refractivity contribution < 1.29 is 4.74 Å². The van der Waals surface area contributed by atoms with Gasteiger partial charge in [0.2, 0.25) is 0 Å². The molecule has 3 rings (SSSR count). The van der Waals surface area contributed by atoms with Gasteiger partial charge < -0.3 is 15.0 Å². The van der Waals surface area contributed by atoms with Crippen LogP contribution in [0.3, 0.4) is 0 Å². The van der Waals surface area contributed by atoms with E-state index in [1.807, 2.05) is 0 Å². The third-order valence-electron chi connectivity index (χ3n) is 5.55. The van der Waals surface area contributed by atoms with E-state index >= 15 is 0 Å². The van der Waals surface area contributed by atoms with E-state index in [1.54, 1.807) is 0 Å². The molecule has 1 aromatic rings. The number of para-hydroxylation sites is 1. The summed E-state index contributed by atoms with van der Waals surface area (Å²) in [5.41, 5.74) is 1.36. The summed E-state index contributed by atoms with van der Waals surface area (Å²) in [6, 6.07) is 9.65. The van der Waals surface area contributed by atoms with E-state index in [0.717, 1.165) is 38.5 Å². The average molecular weight is 346 g/mol. The topological polar surface area (TPSA) is 27.7 Å². The van der Waals surface area contributed by atoms with E-state index in [1.165, 1.54) is 44.3 Å². The van der Waals surface area contributed by atoms with Gasteiger partial charge in [0.25, 0.3) is 0 Å². The lowest BCUT2D eigenvalue weighted by Crippen LogP contribution is -2.52. The summed E-state index contributed by atoms with van der Waals surface area (Å²) in [4.78, 5) is 5.36. The zero-order valence-electron chi connectivity index (χ0n) is 16.0. The van der Waals surface area contributed by atoms with E-state index in [-0.39, 0.29) is 0 Å². The van der Waals surface area contributed by atoms with Crippen LogP contribution in [-0.2, 0) is 0 Å². The van der Waals surface area contributed by atoms with E-state index in [0.29, 0.717) is 12.1 Å². The second-order valence-electron chi connectivity index (χ2n) is 7.55. The molecule has 4 heteroatoms. The second-order valence-corrected chi connectivity index (χ2v) is 7.55. The maximum Gasteiger partial charge on any atom is 0.124 e. The monoisotopic (exact) mass is 345 g/mol. The highest BCUT2D eigenvalue weighted by Crippen LogP contribution is 2.31. The Morgan fingerprint density at radius 3 is 2.60 bits per heavy atom. The molecule has 25 heavy (non-hydrogen) atoms. The van der Waals surface area contributed by atoms with E-state index < -0.39 is 0 Å². The molecule has 0 aromatic heterocycles. The van der Waals surface area contributed by atoms with E-state index in [2.05, 4.69) is 53.2 Å². The van der Waals surface area contributed by atoms with Gasteiger partial charge >= 0.3 is 0 Å². The normalized spacial score (nSPS) is 24.6. The minimum atomic E-state index is 0.422. The highest BCUT2D eigenvalue weighted by molar-refractivity contribution is 5.36. The van der Waals surface area contributed by atoms with Crippen molar-refractivity contribution in [3.63, 3.8) is 0 Å². The quantitative estimate of drug-likeness (QED) is 0.856. The standard InChI is InChI=1S/C21H35N3O/c1-3-25-21-11-7-6-10-19(21)20(24-15-12-22-18(2)16-24)17-23-13-8-4-5-9-14-23/h6-7,10-11,18,20,22H,3-5,8-9,12-17H2,1-2H3. The molecule has 2 aliphatic heterocycles. The third-order valence-corrected chi connectivity index (χ3v) is 5.55. The second kappa shape index (κ2) is 9.56. The van der Waals surface area contributed by atoms with Gasteiger partial charge in [-0.1, -0.05) is 31.0 Å². The first kappa shape index (κ1) is 18.7. The Morgan fingerprint density at radius 2 is 1.88 bits per heavy atom. The van der Waals surface area contributed by atoms with Gasteiger partial charge in [-0.15, -0.1) is 0 Å². The van der Waals surface area contributed by atoms with Crippen LogP contribution in [0.4, 0.5) is 0 Å². The molecule has 1 N–H and O–H groups in total. The summed E-state index contributed by atoms with van der Waals surface area (Å²) in [7, 11) is 0. The number of likely N-dealkylation sites (tertiary alicyclic amines) is 1. The molecule has 4 nitrogen and oxygen atoms in total. The van der Waals surface area contributed by atoms with Crippen LogP contribution in [0.1, 0.15) is 51.1 Å². The number of hydrogen-bond donors (Lipinski definition) is 1. The number of rotatable bonds is 6. The minimum Gasteiger partial charge on any atom is -0.494 e. The number of nitrogens with one attached hydrogen (secondary N) is 1. The van der Waals surface area contributed by atoms with Crippen LogP contribution >= 0.6 is 0 Å². The van der Waals surface area contributed by atoms with Crippen LogP contribution in [-0.4, -0.2) is 61.7 Å². The zero-order chi connectivity index (χ0) is 17.5. The molecule has 0 spiro atoms. The summed E-state index contributed by atoms with van der Waals surface area (Å²) in [5.74, 6) is 1.07. The average Bonchev–Trinajstić information content (AvgIpc) is 2.89. The number of piperazine rings is 1. The van der Waals surface area contributed by atoms with Gasteiger partial charge in [-0.25, -0.2) is 0 Å². The lowest BCUT2D eigenvalue weighted by atomic mass is 10.0. The van der Waals surface area contributed by atoms with Crippen molar-refractivity contribution in [2.45, 2.75) is 51.6 Å². The van der Waals surface area contributed by atoms with Crippen LogP contribution < -0.4 is 10.1 Å². The predicted octanol–water partition coefficient (Wildman–Crippen LogP) is 3.30. The molecular formula is C21H35N3O.